The number of para-hydroxylation sites is 1. The molecule has 1 aliphatic heterocycles. The molecule has 1 N–H and O–H groups in total. The zero-order chi connectivity index (χ0) is 11.2. The summed E-state index contributed by atoms with van der Waals surface area (Å²) in [7, 11) is 0. The predicted molar refractivity (Wildman–Crippen MR) is 73.3 cm³/mol. The van der Waals surface area contributed by atoms with Crippen LogP contribution in [0.1, 0.15) is 5.69 Å². The van der Waals surface area contributed by atoms with E-state index in [1.807, 2.05) is 11.8 Å². The second-order valence-corrected chi connectivity index (χ2v) is 5.33. The number of rotatable bonds is 0. The van der Waals surface area contributed by atoms with Crippen molar-refractivity contribution in [2.75, 3.05) is 0 Å². The highest BCUT2D eigenvalue weighted by Crippen LogP contribution is 2.44. The fourth-order valence-electron chi connectivity index (χ4n) is 2.56. The van der Waals surface area contributed by atoms with Crippen LogP contribution in [0.2, 0.25) is 0 Å². The van der Waals surface area contributed by atoms with E-state index >= 15 is 0 Å². The Morgan fingerprint density at radius 3 is 2.76 bits per heavy atom. The standard InChI is InChI=1S/C15H11NS/c1-3-7-12-10(5-1)15-11-6-2-4-8-14(11)17-9-13(15)16-12/h1-8,16H,9H2. The number of nitrogens with one attached hydrogen (secondary N) is 1. The minimum absolute atomic E-state index is 1.04. The maximum Gasteiger partial charge on any atom is 0.0462 e. The molecule has 0 bridgehead atoms. The summed E-state index contributed by atoms with van der Waals surface area (Å²) in [6.45, 7) is 0. The largest absolute Gasteiger partial charge is 0.357 e. The fourth-order valence-corrected chi connectivity index (χ4v) is 3.58. The van der Waals surface area contributed by atoms with E-state index in [0.29, 0.717) is 0 Å². The predicted octanol–water partition coefficient (Wildman–Crippen LogP) is 4.44. The van der Waals surface area contributed by atoms with E-state index in [4.69, 9.17) is 0 Å². The number of thioether (sulfide) groups is 1. The second-order valence-electron chi connectivity index (χ2n) is 4.31. The average Bonchev–Trinajstić information content (AvgIpc) is 2.77. The quantitative estimate of drug-likeness (QED) is 0.611. The van der Waals surface area contributed by atoms with Gasteiger partial charge in [0.25, 0.3) is 0 Å². The van der Waals surface area contributed by atoms with Crippen molar-refractivity contribution >= 4 is 22.7 Å². The first-order chi connectivity index (χ1) is 8.43. The van der Waals surface area contributed by atoms with Crippen LogP contribution in [0.15, 0.2) is 53.4 Å². The average molecular weight is 237 g/mol. The molecule has 0 fully saturated rings. The molecule has 0 saturated heterocycles. The van der Waals surface area contributed by atoms with Gasteiger partial charge in [-0.1, -0.05) is 36.4 Å². The fraction of sp³-hybridized carbons (Fsp3) is 0.0667. The first kappa shape index (κ1) is 9.37. The Morgan fingerprint density at radius 1 is 0.941 bits per heavy atom. The zero-order valence-electron chi connectivity index (χ0n) is 9.23. The lowest BCUT2D eigenvalue weighted by Gasteiger charge is -2.15. The Balaban J connectivity index is 2.14. The maximum absolute atomic E-state index is 3.54. The minimum Gasteiger partial charge on any atom is -0.357 e. The van der Waals surface area contributed by atoms with Gasteiger partial charge in [0.15, 0.2) is 0 Å². The van der Waals surface area contributed by atoms with Crippen LogP contribution in [-0.4, -0.2) is 4.98 Å². The van der Waals surface area contributed by atoms with Crippen molar-refractivity contribution in [3.63, 3.8) is 0 Å². The minimum atomic E-state index is 1.04. The van der Waals surface area contributed by atoms with Crippen molar-refractivity contribution < 1.29 is 0 Å². The summed E-state index contributed by atoms with van der Waals surface area (Å²) in [6.07, 6.45) is 0. The topological polar surface area (TPSA) is 15.8 Å². The van der Waals surface area contributed by atoms with Crippen LogP contribution in [0.4, 0.5) is 0 Å². The molecule has 1 aromatic heterocycles. The third kappa shape index (κ3) is 1.28. The summed E-state index contributed by atoms with van der Waals surface area (Å²) in [6, 6.07) is 17.2. The SMILES string of the molecule is c1ccc2c(c1)SCc1[nH]c3ccccc3c1-2. The Hall–Kier alpha value is -1.67. The third-order valence-electron chi connectivity index (χ3n) is 3.31. The number of H-pyrrole nitrogens is 1. The third-order valence-corrected chi connectivity index (χ3v) is 4.41. The zero-order valence-corrected chi connectivity index (χ0v) is 10.1. The van der Waals surface area contributed by atoms with E-state index in [9.17, 15) is 0 Å². The van der Waals surface area contributed by atoms with Gasteiger partial charge in [0.1, 0.15) is 0 Å². The number of aromatic amines is 1. The van der Waals surface area contributed by atoms with E-state index in [0.717, 1.165) is 5.75 Å². The van der Waals surface area contributed by atoms with Crippen molar-refractivity contribution in [1.29, 1.82) is 0 Å². The molecule has 0 spiro atoms. The molecule has 0 aliphatic carbocycles. The van der Waals surface area contributed by atoms with Crippen LogP contribution in [0.5, 0.6) is 0 Å². The van der Waals surface area contributed by atoms with Crippen molar-refractivity contribution in [2.45, 2.75) is 10.6 Å². The van der Waals surface area contributed by atoms with E-state index in [1.165, 1.54) is 32.6 Å². The van der Waals surface area contributed by atoms with Gasteiger partial charge < -0.3 is 4.98 Å². The molecule has 0 amide bonds. The summed E-state index contributed by atoms with van der Waals surface area (Å²) in [5.74, 6) is 1.04. The maximum atomic E-state index is 3.54. The Morgan fingerprint density at radius 2 is 1.76 bits per heavy atom. The van der Waals surface area contributed by atoms with Gasteiger partial charge in [0.05, 0.1) is 0 Å². The highest BCUT2D eigenvalue weighted by Gasteiger charge is 2.20. The van der Waals surface area contributed by atoms with Gasteiger partial charge in [-0.05, 0) is 17.7 Å². The van der Waals surface area contributed by atoms with E-state index < -0.39 is 0 Å². The molecule has 0 saturated carbocycles. The highest BCUT2D eigenvalue weighted by molar-refractivity contribution is 7.98. The lowest BCUT2D eigenvalue weighted by Crippen LogP contribution is -1.93. The number of benzene rings is 2. The number of aromatic nitrogens is 1. The van der Waals surface area contributed by atoms with Crippen molar-refractivity contribution in [1.82, 2.24) is 4.98 Å². The smallest absolute Gasteiger partial charge is 0.0462 e. The van der Waals surface area contributed by atoms with Gasteiger partial charge in [-0.25, -0.2) is 0 Å². The van der Waals surface area contributed by atoms with E-state index in [1.54, 1.807) is 0 Å². The van der Waals surface area contributed by atoms with Gasteiger partial charge in [0.2, 0.25) is 0 Å². The normalized spacial score (nSPS) is 13.4. The Labute approximate surface area is 104 Å². The van der Waals surface area contributed by atoms with Crippen molar-refractivity contribution in [3.8, 4) is 11.1 Å². The van der Waals surface area contributed by atoms with Gasteiger partial charge >= 0.3 is 0 Å². The molecule has 4 rings (SSSR count). The van der Waals surface area contributed by atoms with Crippen LogP contribution >= 0.6 is 11.8 Å². The second kappa shape index (κ2) is 3.41. The molecular formula is C15H11NS. The summed E-state index contributed by atoms with van der Waals surface area (Å²) in [5.41, 5.74) is 5.37. The van der Waals surface area contributed by atoms with Gasteiger partial charge in [0, 0.05) is 32.8 Å². The molecule has 2 heterocycles. The number of hydrogen-bond donors (Lipinski definition) is 1. The number of hydrogen-bond acceptors (Lipinski definition) is 1. The van der Waals surface area contributed by atoms with Crippen LogP contribution in [-0.2, 0) is 5.75 Å². The molecule has 3 aromatic rings. The Kier molecular flexibility index (Phi) is 1.88. The molecule has 0 atom stereocenters. The number of fused-ring (bicyclic) bond motifs is 5. The lowest BCUT2D eigenvalue weighted by molar-refractivity contribution is 1.23. The molecule has 2 heteroatoms. The van der Waals surface area contributed by atoms with Crippen LogP contribution in [0.3, 0.4) is 0 Å². The van der Waals surface area contributed by atoms with Gasteiger partial charge in [-0.2, -0.15) is 0 Å². The molecule has 0 radical (unpaired) electrons. The summed E-state index contributed by atoms with van der Waals surface area (Å²) >= 11 is 1.92. The molecule has 1 nitrogen and oxygen atoms in total. The monoisotopic (exact) mass is 237 g/mol. The summed E-state index contributed by atoms with van der Waals surface area (Å²) in [5, 5.41) is 1.34. The van der Waals surface area contributed by atoms with E-state index in [-0.39, 0.29) is 0 Å². The summed E-state index contributed by atoms with van der Waals surface area (Å²) in [4.78, 5) is 4.93. The lowest BCUT2D eigenvalue weighted by atomic mass is 10.0. The molecule has 0 unspecified atom stereocenters. The van der Waals surface area contributed by atoms with E-state index in [2.05, 4.69) is 53.5 Å². The first-order valence-corrected chi connectivity index (χ1v) is 6.74. The van der Waals surface area contributed by atoms with Crippen molar-refractivity contribution in [3.05, 3.63) is 54.2 Å². The molecular weight excluding hydrogens is 226 g/mol. The highest BCUT2D eigenvalue weighted by atomic mass is 32.2. The Bertz CT molecular complexity index is 712. The van der Waals surface area contributed by atoms with Gasteiger partial charge in [-0.3, -0.25) is 0 Å². The molecule has 1 aliphatic rings. The van der Waals surface area contributed by atoms with Crippen LogP contribution < -0.4 is 0 Å². The van der Waals surface area contributed by atoms with Gasteiger partial charge in [-0.15, -0.1) is 11.8 Å². The molecule has 17 heavy (non-hydrogen) atoms. The molecule has 82 valence electrons. The first-order valence-electron chi connectivity index (χ1n) is 5.75. The summed E-state index contributed by atoms with van der Waals surface area (Å²) < 4.78 is 0. The van der Waals surface area contributed by atoms with Crippen LogP contribution in [0.25, 0.3) is 22.0 Å². The van der Waals surface area contributed by atoms with Crippen LogP contribution in [0, 0.1) is 0 Å². The molecule has 2 aromatic carbocycles. The van der Waals surface area contributed by atoms with Crippen molar-refractivity contribution in [2.24, 2.45) is 0 Å².